The molecule has 0 saturated carbocycles. The van der Waals surface area contributed by atoms with Crippen LogP contribution >= 0.6 is 35.1 Å². The fourth-order valence-electron chi connectivity index (χ4n) is 2.61. The molecule has 0 aliphatic rings. The molecule has 1 amide bonds. The molecule has 0 fully saturated rings. The van der Waals surface area contributed by atoms with E-state index in [1.807, 2.05) is 32.9 Å². The molecule has 0 spiro atoms. The van der Waals surface area contributed by atoms with Crippen molar-refractivity contribution in [2.75, 3.05) is 11.1 Å². The van der Waals surface area contributed by atoms with Gasteiger partial charge in [-0.15, -0.1) is 35.1 Å². The van der Waals surface area contributed by atoms with E-state index in [1.54, 1.807) is 22.7 Å². The van der Waals surface area contributed by atoms with E-state index in [0.717, 1.165) is 16.4 Å². The third-order valence-corrected chi connectivity index (χ3v) is 6.06. The van der Waals surface area contributed by atoms with Gasteiger partial charge >= 0.3 is 6.09 Å². The molecule has 2 rings (SSSR count). The van der Waals surface area contributed by atoms with Crippen LogP contribution in [0.1, 0.15) is 82.9 Å². The molecule has 0 aliphatic carbocycles. The largest absolute Gasteiger partial charge is 0.444 e. The molecule has 3 N–H and O–H groups in total. The van der Waals surface area contributed by atoms with E-state index < -0.39 is 5.60 Å². The van der Waals surface area contributed by atoms with Crippen LogP contribution in [-0.2, 0) is 17.6 Å². The van der Waals surface area contributed by atoms with Crippen molar-refractivity contribution in [3.05, 3.63) is 34.0 Å². The van der Waals surface area contributed by atoms with E-state index in [9.17, 15) is 4.79 Å². The molecule has 2 aromatic heterocycles. The van der Waals surface area contributed by atoms with Crippen molar-refractivity contribution in [2.45, 2.75) is 91.6 Å². The second-order valence-electron chi connectivity index (χ2n) is 8.11. The molecular weight excluding hydrogens is 436 g/mol. The summed E-state index contributed by atoms with van der Waals surface area (Å²) in [4.78, 5) is 14.3. The Balaban J connectivity index is 0.000000603. The van der Waals surface area contributed by atoms with Crippen molar-refractivity contribution in [1.29, 1.82) is 0 Å². The van der Waals surface area contributed by atoms with Crippen LogP contribution in [0.4, 0.5) is 14.8 Å². The Morgan fingerprint density at radius 2 is 1.47 bits per heavy atom. The fourth-order valence-corrected chi connectivity index (χ4v) is 4.37. The number of hydrogen-bond acceptors (Lipinski definition) is 5. The van der Waals surface area contributed by atoms with Gasteiger partial charge in [-0.05, 0) is 70.7 Å². The van der Waals surface area contributed by atoms with Gasteiger partial charge in [0.2, 0.25) is 0 Å². The van der Waals surface area contributed by atoms with Crippen molar-refractivity contribution in [1.82, 2.24) is 0 Å². The van der Waals surface area contributed by atoms with E-state index in [-0.39, 0.29) is 18.5 Å². The summed E-state index contributed by atoms with van der Waals surface area (Å²) in [5, 5.41) is 4.57. The van der Waals surface area contributed by atoms with Crippen molar-refractivity contribution in [3.8, 4) is 0 Å². The summed E-state index contributed by atoms with van der Waals surface area (Å²) in [6.07, 6.45) is 9.54. The lowest BCUT2D eigenvalue weighted by molar-refractivity contribution is 0.0636. The third-order valence-electron chi connectivity index (χ3n) is 4.02. The van der Waals surface area contributed by atoms with Crippen LogP contribution in [0.5, 0.6) is 0 Å². The number of nitrogens with one attached hydrogen (secondary N) is 1. The lowest BCUT2D eigenvalue weighted by Crippen LogP contribution is -2.26. The number of anilines is 2. The fraction of sp³-hybridized carbons (Fsp3) is 0.609. The van der Waals surface area contributed by atoms with Gasteiger partial charge in [-0.25, -0.2) is 4.79 Å². The van der Waals surface area contributed by atoms with Crippen LogP contribution in [0, 0.1) is 0 Å². The molecule has 0 unspecified atom stereocenters. The van der Waals surface area contributed by atoms with Crippen LogP contribution in [0.15, 0.2) is 24.3 Å². The molecule has 30 heavy (non-hydrogen) atoms. The zero-order chi connectivity index (χ0) is 21.7. The Labute approximate surface area is 197 Å². The molecule has 172 valence electrons. The van der Waals surface area contributed by atoms with Gasteiger partial charge in [0.25, 0.3) is 0 Å². The SMILES string of the molecule is CCCCCc1ccc(N)s1.CCCCCc1ccc(NC(=O)OC(C)(C)C)s1.Cl. The first-order valence-electron chi connectivity index (χ1n) is 10.7. The first kappa shape index (κ1) is 28.8. The predicted molar refractivity (Wildman–Crippen MR) is 137 cm³/mol. The van der Waals surface area contributed by atoms with Crippen LogP contribution < -0.4 is 11.1 Å². The molecule has 0 bridgehead atoms. The second kappa shape index (κ2) is 15.5. The predicted octanol–water partition coefficient (Wildman–Crippen LogP) is 8.31. The highest BCUT2D eigenvalue weighted by molar-refractivity contribution is 7.16. The van der Waals surface area contributed by atoms with Gasteiger partial charge in [0, 0.05) is 9.75 Å². The average Bonchev–Trinajstić information content (AvgIpc) is 3.23. The summed E-state index contributed by atoms with van der Waals surface area (Å²) >= 11 is 3.34. The number of amides is 1. The van der Waals surface area contributed by atoms with Crippen LogP contribution in [0.2, 0.25) is 0 Å². The first-order valence-corrected chi connectivity index (χ1v) is 12.3. The number of hydrogen-bond donors (Lipinski definition) is 2. The molecule has 2 heterocycles. The third kappa shape index (κ3) is 13.9. The monoisotopic (exact) mass is 474 g/mol. The summed E-state index contributed by atoms with van der Waals surface area (Å²) in [6.45, 7) is 10.00. The highest BCUT2D eigenvalue weighted by atomic mass is 35.5. The molecule has 0 aliphatic heterocycles. The number of rotatable bonds is 9. The molecule has 2 aromatic rings. The van der Waals surface area contributed by atoms with E-state index in [4.69, 9.17) is 10.5 Å². The van der Waals surface area contributed by atoms with E-state index >= 15 is 0 Å². The number of nitrogen functional groups attached to an aromatic ring is 1. The van der Waals surface area contributed by atoms with Crippen molar-refractivity contribution < 1.29 is 9.53 Å². The lowest BCUT2D eigenvalue weighted by Gasteiger charge is -2.19. The molecule has 0 radical (unpaired) electrons. The Bertz CT molecular complexity index is 708. The van der Waals surface area contributed by atoms with E-state index in [2.05, 4.69) is 31.3 Å². The van der Waals surface area contributed by atoms with Gasteiger partial charge < -0.3 is 10.5 Å². The maximum Gasteiger partial charge on any atom is 0.412 e. The lowest BCUT2D eigenvalue weighted by atomic mass is 10.2. The van der Waals surface area contributed by atoms with E-state index in [1.165, 1.54) is 54.7 Å². The van der Waals surface area contributed by atoms with Gasteiger partial charge in [0.15, 0.2) is 0 Å². The number of halogens is 1. The number of aryl methyl sites for hydroxylation is 2. The summed E-state index contributed by atoms with van der Waals surface area (Å²) in [7, 11) is 0. The Morgan fingerprint density at radius 1 is 0.933 bits per heavy atom. The zero-order valence-corrected chi connectivity index (χ0v) is 21.5. The number of nitrogens with two attached hydrogens (primary N) is 1. The summed E-state index contributed by atoms with van der Waals surface area (Å²) < 4.78 is 5.21. The summed E-state index contributed by atoms with van der Waals surface area (Å²) in [6, 6.07) is 8.14. The van der Waals surface area contributed by atoms with Gasteiger partial charge in [-0.3, -0.25) is 5.32 Å². The summed E-state index contributed by atoms with van der Waals surface area (Å²) in [5.41, 5.74) is 5.15. The topological polar surface area (TPSA) is 64.3 Å². The van der Waals surface area contributed by atoms with Crippen molar-refractivity contribution in [3.63, 3.8) is 0 Å². The van der Waals surface area contributed by atoms with Crippen LogP contribution in [0.3, 0.4) is 0 Å². The Morgan fingerprint density at radius 3 is 1.93 bits per heavy atom. The van der Waals surface area contributed by atoms with Crippen LogP contribution in [-0.4, -0.2) is 11.7 Å². The normalized spacial score (nSPS) is 10.6. The molecule has 4 nitrogen and oxygen atoms in total. The maximum atomic E-state index is 11.6. The number of thiophene rings is 2. The van der Waals surface area contributed by atoms with Crippen molar-refractivity contribution >= 4 is 51.2 Å². The number of carbonyl (C=O) groups is 1. The van der Waals surface area contributed by atoms with Crippen molar-refractivity contribution in [2.24, 2.45) is 0 Å². The standard InChI is InChI=1S/C14H23NO2S.C9H15NS.ClH/c1-5-6-7-8-11-9-10-12(18-11)15-13(16)17-14(2,3)4;1-2-3-4-5-8-6-7-9(10)11-8;/h9-10H,5-8H2,1-4H3,(H,15,16);6-7H,2-5,10H2,1H3;1H. The molecule has 0 atom stereocenters. The minimum atomic E-state index is -0.453. The first-order chi connectivity index (χ1) is 13.7. The quantitative estimate of drug-likeness (QED) is 0.359. The molecule has 7 heteroatoms. The van der Waals surface area contributed by atoms with Gasteiger partial charge in [0.05, 0.1) is 10.0 Å². The highest BCUT2D eigenvalue weighted by Gasteiger charge is 2.16. The number of unbranched alkanes of at least 4 members (excludes halogenated alkanes) is 4. The smallest absolute Gasteiger partial charge is 0.412 e. The molecular formula is C23H39ClN2O2S2. The number of ether oxygens (including phenoxy) is 1. The second-order valence-corrected chi connectivity index (χ2v) is 10.5. The molecule has 0 saturated heterocycles. The maximum absolute atomic E-state index is 11.6. The summed E-state index contributed by atoms with van der Waals surface area (Å²) in [5.74, 6) is 0. The Hall–Kier alpha value is -1.24. The minimum absolute atomic E-state index is 0. The van der Waals surface area contributed by atoms with Gasteiger partial charge in [-0.1, -0.05) is 39.5 Å². The molecule has 0 aromatic carbocycles. The van der Waals surface area contributed by atoms with Gasteiger partial charge in [-0.2, -0.15) is 0 Å². The zero-order valence-electron chi connectivity index (χ0n) is 19.1. The highest BCUT2D eigenvalue weighted by Crippen LogP contribution is 2.24. The van der Waals surface area contributed by atoms with Crippen LogP contribution in [0.25, 0.3) is 0 Å². The number of carbonyl (C=O) groups excluding carboxylic acids is 1. The Kier molecular flexibility index (Phi) is 14.9. The minimum Gasteiger partial charge on any atom is -0.444 e. The van der Waals surface area contributed by atoms with Gasteiger partial charge in [0.1, 0.15) is 5.60 Å². The van der Waals surface area contributed by atoms with E-state index in [0.29, 0.717) is 0 Å². The average molecular weight is 475 g/mol.